The van der Waals surface area contributed by atoms with Crippen LogP contribution >= 0.6 is 0 Å². The SMILES string of the molecule is Cc1cc(C)cc(CN2CCCC(N)C2)c1. The lowest BCUT2D eigenvalue weighted by Gasteiger charge is -2.30. The van der Waals surface area contributed by atoms with Crippen molar-refractivity contribution in [1.29, 1.82) is 0 Å². The second-order valence-electron chi connectivity index (χ2n) is 5.13. The minimum absolute atomic E-state index is 0.375. The van der Waals surface area contributed by atoms with Gasteiger partial charge in [-0.15, -0.1) is 0 Å². The van der Waals surface area contributed by atoms with Crippen molar-refractivity contribution in [2.45, 2.75) is 39.3 Å². The summed E-state index contributed by atoms with van der Waals surface area (Å²) in [6.07, 6.45) is 2.43. The smallest absolute Gasteiger partial charge is 0.0234 e. The molecule has 0 bridgehead atoms. The molecule has 2 nitrogen and oxygen atoms in total. The average Bonchev–Trinajstić information content (AvgIpc) is 2.15. The molecule has 2 heteroatoms. The maximum Gasteiger partial charge on any atom is 0.0234 e. The fourth-order valence-electron chi connectivity index (χ4n) is 2.65. The number of likely N-dealkylation sites (tertiary alicyclic amines) is 1. The second kappa shape index (κ2) is 4.98. The zero-order valence-electron chi connectivity index (χ0n) is 10.4. The molecule has 1 aromatic rings. The molecule has 0 aromatic heterocycles. The lowest BCUT2D eigenvalue weighted by atomic mass is 10.0. The van der Waals surface area contributed by atoms with Crippen LogP contribution in [0.5, 0.6) is 0 Å². The van der Waals surface area contributed by atoms with Gasteiger partial charge in [-0.3, -0.25) is 4.90 Å². The molecule has 0 radical (unpaired) electrons. The highest BCUT2D eigenvalue weighted by atomic mass is 15.1. The minimum atomic E-state index is 0.375. The van der Waals surface area contributed by atoms with E-state index in [-0.39, 0.29) is 0 Å². The molecule has 88 valence electrons. The van der Waals surface area contributed by atoms with Gasteiger partial charge in [0.05, 0.1) is 0 Å². The molecule has 2 rings (SSSR count). The van der Waals surface area contributed by atoms with Crippen LogP contribution in [0.3, 0.4) is 0 Å². The van der Waals surface area contributed by atoms with Crippen LogP contribution in [0.2, 0.25) is 0 Å². The molecule has 0 amide bonds. The fourth-order valence-corrected chi connectivity index (χ4v) is 2.65. The Balaban J connectivity index is 2.02. The van der Waals surface area contributed by atoms with E-state index >= 15 is 0 Å². The summed E-state index contributed by atoms with van der Waals surface area (Å²) in [6, 6.07) is 7.17. The average molecular weight is 218 g/mol. The summed E-state index contributed by atoms with van der Waals surface area (Å²) in [4.78, 5) is 2.47. The Bertz CT molecular complexity index is 340. The first-order valence-electron chi connectivity index (χ1n) is 6.18. The summed E-state index contributed by atoms with van der Waals surface area (Å²) in [5.41, 5.74) is 10.1. The van der Waals surface area contributed by atoms with Crippen molar-refractivity contribution in [3.63, 3.8) is 0 Å². The van der Waals surface area contributed by atoms with Gasteiger partial charge in [-0.2, -0.15) is 0 Å². The molecule has 0 spiro atoms. The third-order valence-corrected chi connectivity index (χ3v) is 3.23. The molecule has 1 fully saturated rings. The van der Waals surface area contributed by atoms with Gasteiger partial charge in [0.25, 0.3) is 0 Å². The highest BCUT2D eigenvalue weighted by Crippen LogP contribution is 2.15. The van der Waals surface area contributed by atoms with Gasteiger partial charge in [-0.05, 0) is 38.8 Å². The molecular weight excluding hydrogens is 196 g/mol. The Morgan fingerprint density at radius 1 is 1.25 bits per heavy atom. The number of nitrogens with zero attached hydrogens (tertiary/aromatic N) is 1. The van der Waals surface area contributed by atoms with Gasteiger partial charge in [0, 0.05) is 19.1 Å². The zero-order valence-corrected chi connectivity index (χ0v) is 10.4. The predicted molar refractivity (Wildman–Crippen MR) is 68.4 cm³/mol. The van der Waals surface area contributed by atoms with Gasteiger partial charge >= 0.3 is 0 Å². The molecule has 1 saturated heterocycles. The summed E-state index contributed by atoms with van der Waals surface area (Å²) >= 11 is 0. The third-order valence-electron chi connectivity index (χ3n) is 3.23. The normalized spacial score (nSPS) is 22.3. The summed E-state index contributed by atoms with van der Waals surface area (Å²) in [5.74, 6) is 0. The number of hydrogen-bond acceptors (Lipinski definition) is 2. The van der Waals surface area contributed by atoms with Crippen LogP contribution in [-0.4, -0.2) is 24.0 Å². The Morgan fingerprint density at radius 2 is 1.94 bits per heavy atom. The number of hydrogen-bond donors (Lipinski definition) is 1. The Hall–Kier alpha value is -0.860. The molecule has 1 aromatic carbocycles. The molecule has 0 aliphatic carbocycles. The highest BCUT2D eigenvalue weighted by molar-refractivity contribution is 5.28. The lowest BCUT2D eigenvalue weighted by Crippen LogP contribution is -2.42. The standard InChI is InChI=1S/C14H22N2/c1-11-6-12(2)8-13(7-11)9-16-5-3-4-14(15)10-16/h6-8,14H,3-5,9-10,15H2,1-2H3. The van der Waals surface area contributed by atoms with Crippen molar-refractivity contribution in [1.82, 2.24) is 4.90 Å². The van der Waals surface area contributed by atoms with Crippen molar-refractivity contribution in [3.8, 4) is 0 Å². The topological polar surface area (TPSA) is 29.3 Å². The van der Waals surface area contributed by atoms with Crippen LogP contribution in [0, 0.1) is 13.8 Å². The lowest BCUT2D eigenvalue weighted by molar-refractivity contribution is 0.201. The molecule has 2 N–H and O–H groups in total. The molecule has 16 heavy (non-hydrogen) atoms. The maximum atomic E-state index is 6.00. The molecular formula is C14H22N2. The quantitative estimate of drug-likeness (QED) is 0.825. The number of benzene rings is 1. The van der Waals surface area contributed by atoms with Crippen LogP contribution in [0.15, 0.2) is 18.2 Å². The second-order valence-corrected chi connectivity index (χ2v) is 5.13. The van der Waals surface area contributed by atoms with Crippen molar-refractivity contribution in [2.24, 2.45) is 5.73 Å². The zero-order chi connectivity index (χ0) is 11.5. The van der Waals surface area contributed by atoms with E-state index in [2.05, 4.69) is 36.9 Å². The highest BCUT2D eigenvalue weighted by Gasteiger charge is 2.16. The monoisotopic (exact) mass is 218 g/mol. The van der Waals surface area contributed by atoms with E-state index in [0.717, 1.165) is 13.1 Å². The summed E-state index contributed by atoms with van der Waals surface area (Å²) < 4.78 is 0. The Kier molecular flexibility index (Phi) is 3.62. The molecule has 1 unspecified atom stereocenters. The van der Waals surface area contributed by atoms with Crippen LogP contribution in [0.1, 0.15) is 29.5 Å². The first kappa shape index (κ1) is 11.6. The van der Waals surface area contributed by atoms with Crippen molar-refractivity contribution in [3.05, 3.63) is 34.9 Å². The fraction of sp³-hybridized carbons (Fsp3) is 0.571. The van der Waals surface area contributed by atoms with Gasteiger partial charge < -0.3 is 5.73 Å². The van der Waals surface area contributed by atoms with Gasteiger partial charge in [0.1, 0.15) is 0 Å². The third kappa shape index (κ3) is 3.06. The number of rotatable bonds is 2. The molecule has 1 aliphatic rings. The number of piperidine rings is 1. The van der Waals surface area contributed by atoms with E-state index < -0.39 is 0 Å². The van der Waals surface area contributed by atoms with Crippen LogP contribution in [0.4, 0.5) is 0 Å². The maximum absolute atomic E-state index is 6.00. The number of nitrogens with two attached hydrogens (primary N) is 1. The van der Waals surface area contributed by atoms with Crippen LogP contribution in [0.25, 0.3) is 0 Å². The van der Waals surface area contributed by atoms with E-state index in [1.165, 1.54) is 36.1 Å². The number of aryl methyl sites for hydroxylation is 2. The van der Waals surface area contributed by atoms with Crippen molar-refractivity contribution >= 4 is 0 Å². The first-order chi connectivity index (χ1) is 7.63. The van der Waals surface area contributed by atoms with Gasteiger partial charge in [-0.1, -0.05) is 29.3 Å². The van der Waals surface area contributed by atoms with Crippen LogP contribution < -0.4 is 5.73 Å². The van der Waals surface area contributed by atoms with Gasteiger partial charge in [0.15, 0.2) is 0 Å². The Morgan fingerprint density at radius 3 is 2.56 bits per heavy atom. The van der Waals surface area contributed by atoms with E-state index in [9.17, 15) is 0 Å². The van der Waals surface area contributed by atoms with Crippen LogP contribution in [-0.2, 0) is 6.54 Å². The first-order valence-corrected chi connectivity index (χ1v) is 6.18. The summed E-state index contributed by atoms with van der Waals surface area (Å²) in [6.45, 7) is 7.63. The molecule has 0 saturated carbocycles. The largest absolute Gasteiger partial charge is 0.327 e. The summed E-state index contributed by atoms with van der Waals surface area (Å²) in [7, 11) is 0. The van der Waals surface area contributed by atoms with E-state index in [1.54, 1.807) is 0 Å². The van der Waals surface area contributed by atoms with Crippen molar-refractivity contribution in [2.75, 3.05) is 13.1 Å². The van der Waals surface area contributed by atoms with Gasteiger partial charge in [0.2, 0.25) is 0 Å². The van der Waals surface area contributed by atoms with Gasteiger partial charge in [-0.25, -0.2) is 0 Å². The van der Waals surface area contributed by atoms with Crippen molar-refractivity contribution < 1.29 is 0 Å². The predicted octanol–water partition coefficient (Wildman–Crippen LogP) is 2.23. The Labute approximate surface area is 98.4 Å². The molecule has 1 aliphatic heterocycles. The van der Waals surface area contributed by atoms with E-state index in [0.29, 0.717) is 6.04 Å². The minimum Gasteiger partial charge on any atom is -0.327 e. The molecule has 1 heterocycles. The van der Waals surface area contributed by atoms with E-state index in [4.69, 9.17) is 5.73 Å². The molecule has 1 atom stereocenters. The summed E-state index contributed by atoms with van der Waals surface area (Å²) in [5, 5.41) is 0. The van der Waals surface area contributed by atoms with E-state index in [1.807, 2.05) is 0 Å².